The molecular formula is C24H28Cl2FN7O2. The molecular weight excluding hydrogens is 508 g/mol. The highest BCUT2D eigenvalue weighted by atomic mass is 35.5. The van der Waals surface area contributed by atoms with E-state index in [-0.39, 0.29) is 40.1 Å². The van der Waals surface area contributed by atoms with Gasteiger partial charge in [0.05, 0.1) is 28.0 Å². The molecule has 192 valence electrons. The maximum atomic E-state index is 13.8. The van der Waals surface area contributed by atoms with Crippen molar-refractivity contribution in [1.82, 2.24) is 19.5 Å². The lowest BCUT2D eigenvalue weighted by Gasteiger charge is -2.29. The normalized spacial score (nSPS) is 24.6. The number of rotatable bonds is 6. The smallest absolute Gasteiger partial charge is 0.224 e. The van der Waals surface area contributed by atoms with Gasteiger partial charge < -0.3 is 21.5 Å². The third-order valence-corrected chi connectivity index (χ3v) is 7.72. The van der Waals surface area contributed by atoms with Crippen LogP contribution in [-0.4, -0.2) is 42.7 Å². The van der Waals surface area contributed by atoms with Gasteiger partial charge in [-0.05, 0) is 63.5 Å². The molecule has 2 aromatic heterocycles. The summed E-state index contributed by atoms with van der Waals surface area (Å²) in [5, 5.41) is 16.8. The molecule has 36 heavy (non-hydrogen) atoms. The molecule has 5 N–H and O–H groups in total. The van der Waals surface area contributed by atoms with Crippen LogP contribution in [0.2, 0.25) is 10.0 Å². The number of nitrogens with two attached hydrogens (primary N) is 1. The predicted molar refractivity (Wildman–Crippen MR) is 137 cm³/mol. The molecule has 2 aliphatic carbocycles. The molecule has 5 rings (SSSR count). The molecule has 2 atom stereocenters. The number of aliphatic hydroxyl groups excluding tert-OH is 1. The Morgan fingerprint density at radius 2 is 1.83 bits per heavy atom. The van der Waals surface area contributed by atoms with Gasteiger partial charge in [0.25, 0.3) is 0 Å². The first-order valence-corrected chi connectivity index (χ1v) is 12.9. The van der Waals surface area contributed by atoms with E-state index in [1.807, 2.05) is 4.57 Å². The van der Waals surface area contributed by atoms with Crippen molar-refractivity contribution in [3.63, 3.8) is 0 Å². The molecule has 9 nitrogen and oxygen atoms in total. The fraction of sp³-hybridized carbons (Fsp3) is 0.500. The SMILES string of the molecule is NC(=O)C1CCC(n2c(Nc3c(Cl)cc(F)cc3Cl)nc3cnc(NC4CCCC(O)C4)nc32)CC1. The van der Waals surface area contributed by atoms with Gasteiger partial charge in [0.2, 0.25) is 17.8 Å². The summed E-state index contributed by atoms with van der Waals surface area (Å²) < 4.78 is 15.7. The molecule has 0 spiro atoms. The van der Waals surface area contributed by atoms with Crippen LogP contribution in [0.5, 0.6) is 0 Å². The van der Waals surface area contributed by atoms with Gasteiger partial charge in [-0.3, -0.25) is 9.36 Å². The zero-order valence-electron chi connectivity index (χ0n) is 19.6. The lowest BCUT2D eigenvalue weighted by atomic mass is 9.85. The Morgan fingerprint density at radius 3 is 2.50 bits per heavy atom. The van der Waals surface area contributed by atoms with E-state index in [2.05, 4.69) is 15.6 Å². The minimum absolute atomic E-state index is 0.00893. The zero-order chi connectivity index (χ0) is 25.4. The van der Waals surface area contributed by atoms with Crippen LogP contribution in [0.15, 0.2) is 18.3 Å². The molecule has 2 saturated carbocycles. The number of nitrogens with zero attached hydrogens (tertiary/aromatic N) is 4. The van der Waals surface area contributed by atoms with Crippen LogP contribution in [-0.2, 0) is 4.79 Å². The average Bonchev–Trinajstić information content (AvgIpc) is 3.18. The summed E-state index contributed by atoms with van der Waals surface area (Å²) in [6, 6.07) is 2.44. The summed E-state index contributed by atoms with van der Waals surface area (Å²) in [7, 11) is 0. The second kappa shape index (κ2) is 10.4. The highest BCUT2D eigenvalue weighted by Crippen LogP contribution is 2.39. The van der Waals surface area contributed by atoms with Gasteiger partial charge in [0.15, 0.2) is 5.65 Å². The van der Waals surface area contributed by atoms with Crippen molar-refractivity contribution >= 4 is 57.9 Å². The summed E-state index contributed by atoms with van der Waals surface area (Å²) in [6.07, 6.45) is 7.38. The van der Waals surface area contributed by atoms with Crippen LogP contribution < -0.4 is 16.4 Å². The van der Waals surface area contributed by atoms with Gasteiger partial charge in [0.1, 0.15) is 11.3 Å². The van der Waals surface area contributed by atoms with Crippen LogP contribution >= 0.6 is 23.2 Å². The van der Waals surface area contributed by atoms with Crippen molar-refractivity contribution in [3.05, 3.63) is 34.2 Å². The average molecular weight is 536 g/mol. The van der Waals surface area contributed by atoms with E-state index >= 15 is 0 Å². The number of hydrogen-bond donors (Lipinski definition) is 4. The van der Waals surface area contributed by atoms with E-state index in [1.54, 1.807) is 6.20 Å². The van der Waals surface area contributed by atoms with E-state index in [4.69, 9.17) is 38.9 Å². The van der Waals surface area contributed by atoms with E-state index in [0.717, 1.165) is 19.3 Å². The highest BCUT2D eigenvalue weighted by Gasteiger charge is 2.30. The molecule has 1 amide bonds. The zero-order valence-corrected chi connectivity index (χ0v) is 21.1. The molecule has 12 heteroatoms. The van der Waals surface area contributed by atoms with Gasteiger partial charge >= 0.3 is 0 Å². The maximum absolute atomic E-state index is 13.8. The molecule has 0 radical (unpaired) electrons. The fourth-order valence-electron chi connectivity index (χ4n) is 5.26. The Balaban J connectivity index is 1.51. The number of primary amides is 1. The van der Waals surface area contributed by atoms with E-state index in [0.29, 0.717) is 60.9 Å². The Morgan fingerprint density at radius 1 is 1.11 bits per heavy atom. The standard InChI is InChI=1S/C24H28Cl2FN7O2/c25-17-8-13(27)9-18(26)20(17)32-24-31-19-11-29-23(30-14-2-1-3-16(35)10-14)33-22(19)34(24)15-6-4-12(5-7-15)21(28)36/h8-9,11-12,14-16,35H,1-7,10H2,(H2,28,36)(H,31,32)(H,29,30,33). The van der Waals surface area contributed by atoms with Crippen molar-refractivity contribution in [2.75, 3.05) is 10.6 Å². The van der Waals surface area contributed by atoms with Gasteiger partial charge in [-0.2, -0.15) is 4.98 Å². The topological polar surface area (TPSA) is 131 Å². The number of imidazole rings is 1. The quantitative estimate of drug-likeness (QED) is 0.351. The van der Waals surface area contributed by atoms with E-state index in [1.165, 1.54) is 12.1 Å². The first-order chi connectivity index (χ1) is 17.3. The number of hydrogen-bond acceptors (Lipinski definition) is 7. The summed E-state index contributed by atoms with van der Waals surface area (Å²) in [6.45, 7) is 0. The van der Waals surface area contributed by atoms with Crippen LogP contribution in [0.3, 0.4) is 0 Å². The minimum Gasteiger partial charge on any atom is -0.393 e. The van der Waals surface area contributed by atoms with Gasteiger partial charge in [0, 0.05) is 18.0 Å². The number of amides is 1. The largest absolute Gasteiger partial charge is 0.393 e. The number of benzene rings is 1. The van der Waals surface area contributed by atoms with E-state index < -0.39 is 5.82 Å². The number of carbonyl (C=O) groups excluding carboxylic acids is 1. The number of halogens is 3. The molecule has 0 bridgehead atoms. The lowest BCUT2D eigenvalue weighted by molar-refractivity contribution is -0.122. The van der Waals surface area contributed by atoms with Gasteiger partial charge in [-0.1, -0.05) is 23.2 Å². The number of aliphatic hydroxyl groups is 1. The summed E-state index contributed by atoms with van der Waals surface area (Å²) in [4.78, 5) is 25.6. The number of nitrogens with one attached hydrogen (secondary N) is 2. The Kier molecular flexibility index (Phi) is 7.18. The molecule has 0 saturated heterocycles. The third-order valence-electron chi connectivity index (χ3n) is 7.12. The van der Waals surface area contributed by atoms with Crippen LogP contribution in [0.1, 0.15) is 57.4 Å². The van der Waals surface area contributed by atoms with Crippen molar-refractivity contribution in [1.29, 1.82) is 0 Å². The summed E-state index contributed by atoms with van der Waals surface area (Å²) in [5.41, 5.74) is 7.06. The summed E-state index contributed by atoms with van der Waals surface area (Å²) >= 11 is 12.6. The number of carbonyl (C=O) groups is 1. The molecule has 3 aromatic rings. The van der Waals surface area contributed by atoms with Crippen molar-refractivity contribution in [3.8, 4) is 0 Å². The Bertz CT molecular complexity index is 1260. The molecule has 0 aliphatic heterocycles. The van der Waals surface area contributed by atoms with E-state index in [9.17, 15) is 14.3 Å². The monoisotopic (exact) mass is 535 g/mol. The number of aromatic nitrogens is 4. The molecule has 2 unspecified atom stereocenters. The Hall–Kier alpha value is -2.69. The third kappa shape index (κ3) is 5.21. The fourth-order valence-corrected chi connectivity index (χ4v) is 5.82. The highest BCUT2D eigenvalue weighted by molar-refractivity contribution is 6.39. The van der Waals surface area contributed by atoms with Crippen LogP contribution in [0, 0.1) is 11.7 Å². The minimum atomic E-state index is -0.539. The first kappa shape index (κ1) is 25.0. The Labute approximate surface area is 217 Å². The number of fused-ring (bicyclic) bond motifs is 1. The van der Waals surface area contributed by atoms with Gasteiger partial charge in [-0.25, -0.2) is 14.4 Å². The molecule has 1 aromatic carbocycles. The van der Waals surface area contributed by atoms with Crippen LogP contribution in [0.25, 0.3) is 11.2 Å². The first-order valence-electron chi connectivity index (χ1n) is 12.2. The van der Waals surface area contributed by atoms with Crippen molar-refractivity contribution in [2.45, 2.75) is 69.6 Å². The van der Waals surface area contributed by atoms with Crippen LogP contribution in [0.4, 0.5) is 22.0 Å². The van der Waals surface area contributed by atoms with Crippen molar-refractivity contribution in [2.24, 2.45) is 11.7 Å². The predicted octanol–water partition coefficient (Wildman–Crippen LogP) is 4.95. The maximum Gasteiger partial charge on any atom is 0.224 e. The lowest BCUT2D eigenvalue weighted by Crippen LogP contribution is -2.30. The summed E-state index contributed by atoms with van der Waals surface area (Å²) in [5.74, 6) is -0.0719. The molecule has 2 heterocycles. The van der Waals surface area contributed by atoms with Crippen molar-refractivity contribution < 1.29 is 14.3 Å². The van der Waals surface area contributed by atoms with Gasteiger partial charge in [-0.15, -0.1) is 0 Å². The second-order valence-electron chi connectivity index (χ2n) is 9.65. The molecule has 2 fully saturated rings. The number of anilines is 3. The second-order valence-corrected chi connectivity index (χ2v) is 10.5. The molecule has 2 aliphatic rings.